The van der Waals surface area contributed by atoms with E-state index in [4.69, 9.17) is 0 Å². The van der Waals surface area contributed by atoms with Gasteiger partial charge < -0.3 is 11.1 Å². The average Bonchev–Trinajstić information content (AvgIpc) is 2.34. The third kappa shape index (κ3) is 7.29. The van der Waals surface area contributed by atoms with Crippen LogP contribution in [0.1, 0.15) is 0 Å². The molecule has 1 aromatic rings. The van der Waals surface area contributed by atoms with Gasteiger partial charge in [-0.2, -0.15) is 0 Å². The summed E-state index contributed by atoms with van der Waals surface area (Å²) in [5.74, 6) is -0.723. The zero-order valence-corrected chi connectivity index (χ0v) is 14.5. The molecule has 0 aliphatic carbocycles. The average molecular weight is 455 g/mol. The summed E-state index contributed by atoms with van der Waals surface area (Å²) >= 11 is 10.0. The first-order valence-electron chi connectivity index (χ1n) is 4.81. The number of rotatable bonds is 3. The summed E-state index contributed by atoms with van der Waals surface area (Å²) < 4.78 is 2.52. The summed E-state index contributed by atoms with van der Waals surface area (Å²) in [6, 6.07) is 3.70. The van der Waals surface area contributed by atoms with Gasteiger partial charge in [0.1, 0.15) is 0 Å². The minimum Gasteiger partial charge on any atom is -0.366 e. The van der Waals surface area contributed by atoms with Gasteiger partial charge in [0.05, 0.1) is 5.69 Å². The number of carbonyl (C=O) groups excluding carboxylic acids is 2. The molecule has 19 heavy (non-hydrogen) atoms. The summed E-state index contributed by atoms with van der Waals surface area (Å²) in [5, 5.41) is 2.68. The molecule has 0 aromatic heterocycles. The van der Waals surface area contributed by atoms with Crippen LogP contribution in [-0.4, -0.2) is 11.8 Å². The van der Waals surface area contributed by atoms with Crippen LogP contribution in [0.4, 0.5) is 5.69 Å². The van der Waals surface area contributed by atoms with Gasteiger partial charge in [-0.1, -0.05) is 29.1 Å². The van der Waals surface area contributed by atoms with E-state index >= 15 is 0 Å². The standard InChI is InChI=1S/C9H6Br3NO.C3H5NO/c1-2-8(14)13-9-6(11)3-5(10)4-7(9)12;1-2-3(4)5/h2-4H,1H2,(H,13,14);2H,1H2,(H2,4,5). The molecule has 0 aliphatic heterocycles. The molecule has 0 bridgehead atoms. The van der Waals surface area contributed by atoms with Crippen LogP contribution in [0.5, 0.6) is 0 Å². The van der Waals surface area contributed by atoms with Crippen molar-refractivity contribution in [2.75, 3.05) is 5.32 Å². The van der Waals surface area contributed by atoms with E-state index in [2.05, 4.69) is 72.0 Å². The Morgan fingerprint density at radius 2 is 1.53 bits per heavy atom. The zero-order valence-electron chi connectivity index (χ0n) is 9.75. The molecule has 0 radical (unpaired) electrons. The quantitative estimate of drug-likeness (QED) is 0.682. The van der Waals surface area contributed by atoms with Crippen LogP contribution in [0.2, 0.25) is 0 Å². The third-order valence-electron chi connectivity index (χ3n) is 1.64. The van der Waals surface area contributed by atoms with E-state index < -0.39 is 5.91 Å². The predicted octanol–water partition coefficient (Wildman–Crippen LogP) is 3.76. The van der Waals surface area contributed by atoms with Crippen molar-refractivity contribution in [3.63, 3.8) is 0 Å². The smallest absolute Gasteiger partial charge is 0.247 e. The van der Waals surface area contributed by atoms with Crippen molar-refractivity contribution in [2.45, 2.75) is 0 Å². The highest BCUT2D eigenvalue weighted by atomic mass is 79.9. The second-order valence-corrected chi connectivity index (χ2v) is 5.67. The van der Waals surface area contributed by atoms with E-state index in [9.17, 15) is 9.59 Å². The lowest BCUT2D eigenvalue weighted by molar-refractivity contribution is -0.113. The van der Waals surface area contributed by atoms with Crippen molar-refractivity contribution in [2.24, 2.45) is 5.73 Å². The first kappa shape index (κ1) is 18.1. The lowest BCUT2D eigenvalue weighted by Gasteiger charge is -2.08. The first-order valence-corrected chi connectivity index (χ1v) is 7.19. The van der Waals surface area contributed by atoms with E-state index in [0.717, 1.165) is 19.5 Å². The number of hydrogen-bond donors (Lipinski definition) is 2. The number of anilines is 1. The molecule has 0 heterocycles. The molecule has 1 rings (SSSR count). The number of nitrogens with two attached hydrogens (primary N) is 1. The molecule has 0 fully saturated rings. The number of primary amides is 1. The van der Waals surface area contributed by atoms with E-state index in [1.807, 2.05) is 12.1 Å². The predicted molar refractivity (Wildman–Crippen MR) is 87.8 cm³/mol. The molecule has 0 atom stereocenters. The second-order valence-electron chi connectivity index (χ2n) is 3.04. The number of carbonyl (C=O) groups is 2. The van der Waals surface area contributed by atoms with Crippen LogP contribution < -0.4 is 11.1 Å². The molecule has 0 saturated heterocycles. The Kier molecular flexibility index (Phi) is 8.62. The Morgan fingerprint density at radius 1 is 1.11 bits per heavy atom. The van der Waals surface area contributed by atoms with Crippen LogP contribution in [0.25, 0.3) is 0 Å². The summed E-state index contributed by atoms with van der Waals surface area (Å²) in [4.78, 5) is 20.6. The third-order valence-corrected chi connectivity index (χ3v) is 3.35. The van der Waals surface area contributed by atoms with E-state index in [-0.39, 0.29) is 5.91 Å². The Labute approximate surface area is 136 Å². The fourth-order valence-corrected chi connectivity index (χ4v) is 3.29. The summed E-state index contributed by atoms with van der Waals surface area (Å²) in [5.41, 5.74) is 5.23. The van der Waals surface area contributed by atoms with Gasteiger partial charge in [-0.05, 0) is 56.1 Å². The largest absolute Gasteiger partial charge is 0.366 e. The summed E-state index contributed by atoms with van der Waals surface area (Å²) in [7, 11) is 0. The highest BCUT2D eigenvalue weighted by molar-refractivity contribution is 9.11. The highest BCUT2D eigenvalue weighted by Gasteiger charge is 2.08. The Balaban J connectivity index is 0.000000555. The van der Waals surface area contributed by atoms with Crippen molar-refractivity contribution in [1.82, 2.24) is 0 Å². The summed E-state index contributed by atoms with van der Waals surface area (Å²) in [6.07, 6.45) is 2.28. The molecule has 0 unspecified atom stereocenters. The molecule has 2 amide bonds. The van der Waals surface area contributed by atoms with Gasteiger partial charge in [0.2, 0.25) is 11.8 Å². The van der Waals surface area contributed by atoms with Gasteiger partial charge >= 0.3 is 0 Å². The summed E-state index contributed by atoms with van der Waals surface area (Å²) in [6.45, 7) is 6.47. The minimum atomic E-state index is -0.481. The van der Waals surface area contributed by atoms with Crippen molar-refractivity contribution in [3.05, 3.63) is 50.9 Å². The molecule has 102 valence electrons. The van der Waals surface area contributed by atoms with Crippen molar-refractivity contribution >= 4 is 65.3 Å². The fraction of sp³-hybridized carbons (Fsp3) is 0. The van der Waals surface area contributed by atoms with Crippen LogP contribution in [0.15, 0.2) is 50.9 Å². The maximum absolute atomic E-state index is 11.1. The topological polar surface area (TPSA) is 72.2 Å². The lowest BCUT2D eigenvalue weighted by atomic mass is 10.3. The molecule has 0 spiro atoms. The Bertz CT molecular complexity index is 493. The molecular weight excluding hydrogens is 444 g/mol. The molecule has 1 aromatic carbocycles. The van der Waals surface area contributed by atoms with Gasteiger partial charge in [-0.15, -0.1) is 0 Å². The Morgan fingerprint density at radius 3 is 1.84 bits per heavy atom. The normalized spacial score (nSPS) is 8.79. The van der Waals surface area contributed by atoms with Crippen molar-refractivity contribution in [1.29, 1.82) is 0 Å². The highest BCUT2D eigenvalue weighted by Crippen LogP contribution is 2.34. The maximum Gasteiger partial charge on any atom is 0.247 e. The van der Waals surface area contributed by atoms with Crippen molar-refractivity contribution < 1.29 is 9.59 Å². The fourth-order valence-electron chi connectivity index (χ4n) is 0.836. The monoisotopic (exact) mass is 452 g/mol. The van der Waals surface area contributed by atoms with Crippen LogP contribution in [-0.2, 0) is 9.59 Å². The SMILES string of the molecule is C=CC(=O)Nc1c(Br)cc(Br)cc1Br.C=CC(N)=O. The number of halogens is 3. The van der Waals surface area contributed by atoms with Gasteiger partial charge in [-0.3, -0.25) is 9.59 Å². The first-order chi connectivity index (χ1) is 8.81. The molecule has 0 saturated carbocycles. The minimum absolute atomic E-state index is 0.242. The van der Waals surface area contributed by atoms with Gasteiger partial charge in [0.25, 0.3) is 0 Å². The molecule has 7 heteroatoms. The number of benzene rings is 1. The van der Waals surface area contributed by atoms with Crippen LogP contribution >= 0.6 is 47.8 Å². The number of amides is 2. The molecule has 0 aliphatic rings. The van der Waals surface area contributed by atoms with Crippen LogP contribution in [0.3, 0.4) is 0 Å². The number of hydrogen-bond acceptors (Lipinski definition) is 2. The van der Waals surface area contributed by atoms with E-state index in [1.165, 1.54) is 6.08 Å². The molecular formula is C12H11Br3N2O2. The van der Waals surface area contributed by atoms with Crippen molar-refractivity contribution in [3.8, 4) is 0 Å². The van der Waals surface area contributed by atoms with E-state index in [1.54, 1.807) is 0 Å². The maximum atomic E-state index is 11.1. The molecule has 4 nitrogen and oxygen atoms in total. The van der Waals surface area contributed by atoms with Gasteiger partial charge in [0.15, 0.2) is 0 Å². The molecule has 3 N–H and O–H groups in total. The number of nitrogens with one attached hydrogen (secondary N) is 1. The van der Waals surface area contributed by atoms with E-state index in [0.29, 0.717) is 5.69 Å². The van der Waals surface area contributed by atoms with Crippen LogP contribution in [0, 0.1) is 0 Å². The Hall–Kier alpha value is -0.920. The van der Waals surface area contributed by atoms with Gasteiger partial charge in [-0.25, -0.2) is 0 Å². The lowest BCUT2D eigenvalue weighted by Crippen LogP contribution is -2.08. The van der Waals surface area contributed by atoms with Gasteiger partial charge in [0, 0.05) is 13.4 Å². The second kappa shape index (κ2) is 9.06. The zero-order chi connectivity index (χ0) is 15.0.